The van der Waals surface area contributed by atoms with Gasteiger partial charge < -0.3 is 14.6 Å². The fraction of sp³-hybridized carbons (Fsp3) is 0.100. The van der Waals surface area contributed by atoms with Crippen LogP contribution in [0, 0.1) is 0 Å². The van der Waals surface area contributed by atoms with E-state index in [2.05, 4.69) is 25.7 Å². The molecule has 0 atom stereocenters. The molecule has 8 heteroatoms. The summed E-state index contributed by atoms with van der Waals surface area (Å²) in [4.78, 5) is 16.7. The number of nitrogens with zero attached hydrogens (tertiary/aromatic N) is 3. The SMILES string of the molecule is COc1ccccc1-c1cc(C(=O)NCc2nc(-c3ccccc3)no2)[nH]n1. The Labute approximate surface area is 160 Å². The highest BCUT2D eigenvalue weighted by Gasteiger charge is 2.15. The molecular weight excluding hydrogens is 358 g/mol. The second kappa shape index (κ2) is 7.75. The summed E-state index contributed by atoms with van der Waals surface area (Å²) in [6.07, 6.45) is 0. The smallest absolute Gasteiger partial charge is 0.269 e. The van der Waals surface area contributed by atoms with Crippen LogP contribution >= 0.6 is 0 Å². The Kier molecular flexibility index (Phi) is 4.83. The Balaban J connectivity index is 1.43. The van der Waals surface area contributed by atoms with Gasteiger partial charge >= 0.3 is 0 Å². The number of aromatic amines is 1. The summed E-state index contributed by atoms with van der Waals surface area (Å²) in [5.41, 5.74) is 2.58. The third-order valence-corrected chi connectivity index (χ3v) is 4.11. The van der Waals surface area contributed by atoms with Crippen LogP contribution in [0.15, 0.2) is 65.2 Å². The molecule has 0 radical (unpaired) electrons. The van der Waals surface area contributed by atoms with Gasteiger partial charge in [-0.25, -0.2) is 0 Å². The molecule has 2 aromatic carbocycles. The van der Waals surface area contributed by atoms with Crippen molar-refractivity contribution in [2.24, 2.45) is 0 Å². The van der Waals surface area contributed by atoms with Crippen LogP contribution in [-0.4, -0.2) is 33.4 Å². The van der Waals surface area contributed by atoms with E-state index in [1.165, 1.54) is 0 Å². The van der Waals surface area contributed by atoms with Gasteiger partial charge in [-0.1, -0.05) is 47.6 Å². The van der Waals surface area contributed by atoms with E-state index >= 15 is 0 Å². The number of carbonyl (C=O) groups is 1. The minimum Gasteiger partial charge on any atom is -0.496 e. The number of rotatable bonds is 6. The lowest BCUT2D eigenvalue weighted by molar-refractivity contribution is 0.0941. The van der Waals surface area contributed by atoms with Crippen molar-refractivity contribution in [2.45, 2.75) is 6.54 Å². The van der Waals surface area contributed by atoms with Crippen LogP contribution < -0.4 is 10.1 Å². The number of carbonyl (C=O) groups excluding carboxylic acids is 1. The fourth-order valence-electron chi connectivity index (χ4n) is 2.71. The van der Waals surface area contributed by atoms with E-state index in [0.29, 0.717) is 28.9 Å². The number of methoxy groups -OCH3 is 1. The molecule has 1 amide bonds. The molecule has 4 aromatic rings. The predicted molar refractivity (Wildman–Crippen MR) is 101 cm³/mol. The molecule has 0 bridgehead atoms. The molecule has 2 aromatic heterocycles. The van der Waals surface area contributed by atoms with Crippen LogP contribution in [0.1, 0.15) is 16.4 Å². The van der Waals surface area contributed by atoms with E-state index in [1.54, 1.807) is 13.2 Å². The van der Waals surface area contributed by atoms with Crippen molar-refractivity contribution in [1.82, 2.24) is 25.7 Å². The van der Waals surface area contributed by atoms with Crippen molar-refractivity contribution in [1.29, 1.82) is 0 Å². The zero-order valence-electron chi connectivity index (χ0n) is 15.0. The first kappa shape index (κ1) is 17.5. The second-order valence-corrected chi connectivity index (χ2v) is 5.93. The molecule has 4 rings (SSSR count). The number of hydrogen-bond donors (Lipinski definition) is 2. The molecule has 0 unspecified atom stereocenters. The molecule has 8 nitrogen and oxygen atoms in total. The van der Waals surface area contributed by atoms with Gasteiger partial charge in [0.1, 0.15) is 11.4 Å². The molecule has 0 aliphatic rings. The molecule has 2 N–H and O–H groups in total. The van der Waals surface area contributed by atoms with Gasteiger partial charge in [0, 0.05) is 11.1 Å². The quantitative estimate of drug-likeness (QED) is 0.536. The zero-order chi connectivity index (χ0) is 19.3. The maximum atomic E-state index is 12.4. The lowest BCUT2D eigenvalue weighted by Gasteiger charge is -2.04. The minimum atomic E-state index is -0.326. The van der Waals surface area contributed by atoms with Gasteiger partial charge in [-0.15, -0.1) is 0 Å². The number of amides is 1. The van der Waals surface area contributed by atoms with E-state index in [1.807, 2.05) is 54.6 Å². The average Bonchev–Trinajstić information content (AvgIpc) is 3.43. The third-order valence-electron chi connectivity index (χ3n) is 4.11. The Morgan fingerprint density at radius 3 is 2.75 bits per heavy atom. The lowest BCUT2D eigenvalue weighted by atomic mass is 10.1. The van der Waals surface area contributed by atoms with Crippen LogP contribution in [0.4, 0.5) is 0 Å². The van der Waals surface area contributed by atoms with Crippen molar-refractivity contribution < 1.29 is 14.1 Å². The molecule has 0 aliphatic heterocycles. The standard InChI is InChI=1S/C20H17N5O3/c1-27-17-10-6-5-9-14(17)15-11-16(24-23-15)20(26)21-12-18-22-19(25-28-18)13-7-3-2-4-8-13/h2-11H,12H2,1H3,(H,21,26)(H,23,24). The highest BCUT2D eigenvalue weighted by Crippen LogP contribution is 2.28. The minimum absolute atomic E-state index is 0.113. The first-order valence-corrected chi connectivity index (χ1v) is 8.59. The number of H-pyrrole nitrogens is 1. The first-order valence-electron chi connectivity index (χ1n) is 8.59. The molecule has 0 saturated carbocycles. The Hall–Kier alpha value is -3.94. The largest absolute Gasteiger partial charge is 0.496 e. The summed E-state index contributed by atoms with van der Waals surface area (Å²) in [5, 5.41) is 13.6. The highest BCUT2D eigenvalue weighted by atomic mass is 16.5. The van der Waals surface area contributed by atoms with Crippen LogP contribution in [0.3, 0.4) is 0 Å². The molecule has 140 valence electrons. The number of aromatic nitrogens is 4. The molecule has 0 spiro atoms. The van der Waals surface area contributed by atoms with Gasteiger partial charge in [0.15, 0.2) is 0 Å². The third kappa shape index (κ3) is 3.61. The summed E-state index contributed by atoms with van der Waals surface area (Å²) in [7, 11) is 1.59. The number of para-hydroxylation sites is 1. The van der Waals surface area contributed by atoms with Crippen molar-refractivity contribution >= 4 is 5.91 Å². The van der Waals surface area contributed by atoms with E-state index in [9.17, 15) is 4.79 Å². The second-order valence-electron chi connectivity index (χ2n) is 5.93. The van der Waals surface area contributed by atoms with Crippen molar-refractivity contribution in [3.8, 4) is 28.4 Å². The number of ether oxygens (including phenoxy) is 1. The monoisotopic (exact) mass is 375 g/mol. The van der Waals surface area contributed by atoms with Crippen LogP contribution in [0.2, 0.25) is 0 Å². The van der Waals surface area contributed by atoms with Crippen molar-refractivity contribution in [3.05, 3.63) is 72.2 Å². The summed E-state index contributed by atoms with van der Waals surface area (Å²) in [6, 6.07) is 18.6. The Bertz CT molecular complexity index is 1090. The number of nitrogens with one attached hydrogen (secondary N) is 2. The summed E-state index contributed by atoms with van der Waals surface area (Å²) < 4.78 is 10.5. The van der Waals surface area contributed by atoms with E-state index < -0.39 is 0 Å². The van der Waals surface area contributed by atoms with Gasteiger partial charge in [-0.2, -0.15) is 10.1 Å². The summed E-state index contributed by atoms with van der Waals surface area (Å²) in [5.74, 6) is 1.15. The molecule has 0 saturated heterocycles. The van der Waals surface area contributed by atoms with Gasteiger partial charge in [0.05, 0.1) is 19.3 Å². The van der Waals surface area contributed by atoms with Crippen LogP contribution in [-0.2, 0) is 6.54 Å². The maximum Gasteiger partial charge on any atom is 0.269 e. The average molecular weight is 375 g/mol. The van der Waals surface area contributed by atoms with Gasteiger partial charge in [-0.3, -0.25) is 9.89 Å². The summed E-state index contributed by atoms with van der Waals surface area (Å²) >= 11 is 0. The van der Waals surface area contributed by atoms with Gasteiger partial charge in [-0.05, 0) is 18.2 Å². The van der Waals surface area contributed by atoms with E-state index in [0.717, 1.165) is 11.1 Å². The lowest BCUT2D eigenvalue weighted by Crippen LogP contribution is -2.23. The van der Waals surface area contributed by atoms with Crippen molar-refractivity contribution in [3.63, 3.8) is 0 Å². The topological polar surface area (TPSA) is 106 Å². The van der Waals surface area contributed by atoms with E-state index in [4.69, 9.17) is 9.26 Å². The molecule has 28 heavy (non-hydrogen) atoms. The van der Waals surface area contributed by atoms with E-state index in [-0.39, 0.29) is 12.5 Å². The van der Waals surface area contributed by atoms with Gasteiger partial charge in [0.2, 0.25) is 11.7 Å². The maximum absolute atomic E-state index is 12.4. The summed E-state index contributed by atoms with van der Waals surface area (Å²) in [6.45, 7) is 0.113. The van der Waals surface area contributed by atoms with Crippen LogP contribution in [0.25, 0.3) is 22.6 Å². The van der Waals surface area contributed by atoms with Gasteiger partial charge in [0.25, 0.3) is 5.91 Å². The zero-order valence-corrected chi connectivity index (χ0v) is 15.0. The number of hydrogen-bond acceptors (Lipinski definition) is 6. The normalized spacial score (nSPS) is 10.6. The Morgan fingerprint density at radius 1 is 1.14 bits per heavy atom. The predicted octanol–water partition coefficient (Wildman–Crippen LogP) is 3.07. The molecule has 0 fully saturated rings. The van der Waals surface area contributed by atoms with Crippen molar-refractivity contribution in [2.75, 3.05) is 7.11 Å². The highest BCUT2D eigenvalue weighted by molar-refractivity contribution is 5.93. The van der Waals surface area contributed by atoms with Crippen LogP contribution in [0.5, 0.6) is 5.75 Å². The Morgan fingerprint density at radius 2 is 1.93 bits per heavy atom. The molecule has 0 aliphatic carbocycles. The fourth-order valence-corrected chi connectivity index (χ4v) is 2.71. The molecule has 2 heterocycles. The first-order chi connectivity index (χ1) is 13.7. The molecular formula is C20H17N5O3. The number of benzene rings is 2.